The highest BCUT2D eigenvalue weighted by Gasteiger charge is 2.27. The molecule has 34 heavy (non-hydrogen) atoms. The fraction of sp³-hybridized carbons (Fsp3) is 0.185. The summed E-state index contributed by atoms with van der Waals surface area (Å²) in [7, 11) is 0. The van der Waals surface area contributed by atoms with E-state index in [1.54, 1.807) is 18.3 Å². The van der Waals surface area contributed by atoms with Gasteiger partial charge in [-0.1, -0.05) is 48.5 Å². The molecule has 1 aliphatic rings. The van der Waals surface area contributed by atoms with E-state index in [1.807, 2.05) is 42.5 Å². The monoisotopic (exact) mass is 452 g/mol. The first kappa shape index (κ1) is 21.7. The maximum Gasteiger partial charge on any atom is 0.339 e. The second kappa shape index (κ2) is 9.80. The van der Waals surface area contributed by atoms with E-state index in [0.29, 0.717) is 17.8 Å². The number of pyridine rings is 2. The largest absolute Gasteiger partial charge is 0.452 e. The van der Waals surface area contributed by atoms with Crippen molar-refractivity contribution in [2.24, 2.45) is 0 Å². The smallest absolute Gasteiger partial charge is 0.339 e. The molecule has 2 aromatic carbocycles. The molecule has 7 nitrogen and oxygen atoms in total. The maximum atomic E-state index is 13.3. The summed E-state index contributed by atoms with van der Waals surface area (Å²) in [6, 6.07) is 21.3. The summed E-state index contributed by atoms with van der Waals surface area (Å²) in [5, 5.41) is 3.42. The van der Waals surface area contributed by atoms with Crippen LogP contribution in [0.5, 0.6) is 0 Å². The third kappa shape index (κ3) is 4.79. The van der Waals surface area contributed by atoms with Gasteiger partial charge < -0.3 is 10.1 Å². The summed E-state index contributed by atoms with van der Waals surface area (Å²) < 4.78 is 5.47. The van der Waals surface area contributed by atoms with Gasteiger partial charge >= 0.3 is 5.97 Å². The van der Waals surface area contributed by atoms with Gasteiger partial charge in [-0.25, -0.2) is 4.79 Å². The number of anilines is 1. The Balaban J connectivity index is 1.39. The lowest BCUT2D eigenvalue weighted by atomic mass is 9.95. The summed E-state index contributed by atoms with van der Waals surface area (Å²) in [6.07, 6.45) is 3.90. The first-order chi connectivity index (χ1) is 16.7. The number of nitrogens with one attached hydrogen (secondary N) is 1. The zero-order valence-electron chi connectivity index (χ0n) is 18.6. The number of hydrogen-bond acceptors (Lipinski definition) is 6. The number of fused-ring (bicyclic) bond motifs is 2. The van der Waals surface area contributed by atoms with Crippen LogP contribution < -0.4 is 5.32 Å². The second-order valence-corrected chi connectivity index (χ2v) is 8.24. The molecule has 1 amide bonds. The van der Waals surface area contributed by atoms with Crippen molar-refractivity contribution in [1.29, 1.82) is 0 Å². The Hall–Kier alpha value is -4.10. The van der Waals surface area contributed by atoms with E-state index in [9.17, 15) is 9.59 Å². The van der Waals surface area contributed by atoms with Gasteiger partial charge in [0.1, 0.15) is 0 Å². The number of nitrogens with zero attached hydrogens (tertiary/aromatic N) is 3. The van der Waals surface area contributed by atoms with Gasteiger partial charge in [-0.3, -0.25) is 19.7 Å². The molecule has 1 N–H and O–H groups in total. The summed E-state index contributed by atoms with van der Waals surface area (Å²) in [4.78, 5) is 36.7. The normalized spacial score (nSPS) is 13.3. The van der Waals surface area contributed by atoms with E-state index in [0.717, 1.165) is 41.7 Å². The van der Waals surface area contributed by atoms with Crippen LogP contribution >= 0.6 is 0 Å². The van der Waals surface area contributed by atoms with Gasteiger partial charge in [0.25, 0.3) is 5.91 Å². The van der Waals surface area contributed by atoms with E-state index in [-0.39, 0.29) is 6.61 Å². The number of hydrogen-bond donors (Lipinski definition) is 1. The molecule has 0 fully saturated rings. The van der Waals surface area contributed by atoms with Crippen molar-refractivity contribution in [3.05, 3.63) is 102 Å². The van der Waals surface area contributed by atoms with Gasteiger partial charge in [-0.2, -0.15) is 0 Å². The molecule has 2 aromatic heterocycles. The lowest BCUT2D eigenvalue weighted by Crippen LogP contribution is -2.32. The molecule has 4 aromatic rings. The number of esters is 1. The lowest BCUT2D eigenvalue weighted by Gasteiger charge is -2.30. The van der Waals surface area contributed by atoms with E-state index >= 15 is 0 Å². The molecule has 170 valence electrons. The van der Waals surface area contributed by atoms with E-state index in [4.69, 9.17) is 9.72 Å². The predicted octanol–water partition coefficient (Wildman–Crippen LogP) is 3.98. The molecule has 0 radical (unpaired) electrons. The molecule has 0 atom stereocenters. The topological polar surface area (TPSA) is 84.4 Å². The Morgan fingerprint density at radius 1 is 1.00 bits per heavy atom. The van der Waals surface area contributed by atoms with Crippen molar-refractivity contribution in [3.63, 3.8) is 0 Å². The van der Waals surface area contributed by atoms with Gasteiger partial charge in [0, 0.05) is 48.9 Å². The van der Waals surface area contributed by atoms with Crippen molar-refractivity contribution >= 4 is 28.5 Å². The van der Waals surface area contributed by atoms with Gasteiger partial charge in [0.2, 0.25) is 0 Å². The van der Waals surface area contributed by atoms with Gasteiger partial charge in [-0.05, 0) is 23.8 Å². The first-order valence-electron chi connectivity index (χ1n) is 11.2. The summed E-state index contributed by atoms with van der Waals surface area (Å²) in [6.45, 7) is 1.85. The van der Waals surface area contributed by atoms with Crippen LogP contribution in [0.4, 0.5) is 5.69 Å². The molecule has 5 rings (SSSR count). The predicted molar refractivity (Wildman–Crippen MR) is 129 cm³/mol. The molecule has 0 aliphatic carbocycles. The zero-order valence-corrected chi connectivity index (χ0v) is 18.6. The van der Waals surface area contributed by atoms with Gasteiger partial charge in [0.15, 0.2) is 6.61 Å². The number of aromatic nitrogens is 2. The molecule has 0 spiro atoms. The SMILES string of the molecule is O=C(COC(=O)c1c2c(nc3ccccc13)CCN(Cc1ccccc1)C2)Nc1cccnc1. The molecule has 7 heteroatoms. The van der Waals surface area contributed by atoms with Crippen LogP contribution in [0, 0.1) is 0 Å². The molecule has 0 bridgehead atoms. The fourth-order valence-corrected chi connectivity index (χ4v) is 4.29. The Kier molecular flexibility index (Phi) is 6.27. The molecule has 0 unspecified atom stereocenters. The van der Waals surface area contributed by atoms with Crippen LogP contribution in [0.25, 0.3) is 10.9 Å². The van der Waals surface area contributed by atoms with Crippen LogP contribution in [0.15, 0.2) is 79.1 Å². The number of rotatable bonds is 6. The number of carbonyl (C=O) groups excluding carboxylic acids is 2. The third-order valence-corrected chi connectivity index (χ3v) is 5.86. The molecule has 3 heterocycles. The average Bonchev–Trinajstić information content (AvgIpc) is 2.87. The standard InChI is InChI=1S/C27H24N4O3/c32-25(29-20-9-6-13-28-15-20)18-34-27(33)26-21-10-4-5-11-23(21)30-24-12-14-31(17-22(24)26)16-19-7-2-1-3-8-19/h1-11,13,15H,12,14,16-18H2,(H,29,32). The van der Waals surface area contributed by atoms with Crippen LogP contribution in [0.2, 0.25) is 0 Å². The highest BCUT2D eigenvalue weighted by Crippen LogP contribution is 2.29. The molecule has 0 saturated carbocycles. The van der Waals surface area contributed by atoms with Crippen molar-refractivity contribution < 1.29 is 14.3 Å². The van der Waals surface area contributed by atoms with E-state index in [1.165, 1.54) is 11.8 Å². The zero-order chi connectivity index (χ0) is 23.3. The molecule has 0 saturated heterocycles. The Morgan fingerprint density at radius 3 is 2.65 bits per heavy atom. The minimum Gasteiger partial charge on any atom is -0.452 e. The van der Waals surface area contributed by atoms with E-state index in [2.05, 4.69) is 27.3 Å². The van der Waals surface area contributed by atoms with Crippen molar-refractivity contribution in [1.82, 2.24) is 14.9 Å². The number of amides is 1. The van der Waals surface area contributed by atoms with Crippen LogP contribution in [0.3, 0.4) is 0 Å². The first-order valence-corrected chi connectivity index (χ1v) is 11.2. The number of carbonyl (C=O) groups is 2. The fourth-order valence-electron chi connectivity index (χ4n) is 4.29. The molecular formula is C27H24N4O3. The second-order valence-electron chi connectivity index (χ2n) is 8.24. The number of para-hydroxylation sites is 1. The Morgan fingerprint density at radius 2 is 1.82 bits per heavy atom. The minimum absolute atomic E-state index is 0.382. The summed E-state index contributed by atoms with van der Waals surface area (Å²) in [5.41, 5.74) is 4.80. The van der Waals surface area contributed by atoms with Crippen LogP contribution in [0.1, 0.15) is 27.2 Å². The quantitative estimate of drug-likeness (QED) is 0.446. The highest BCUT2D eigenvalue weighted by atomic mass is 16.5. The lowest BCUT2D eigenvalue weighted by molar-refractivity contribution is -0.119. The van der Waals surface area contributed by atoms with Crippen LogP contribution in [-0.4, -0.2) is 39.9 Å². The molecule has 1 aliphatic heterocycles. The summed E-state index contributed by atoms with van der Waals surface area (Å²) in [5.74, 6) is -0.933. The Labute approximate surface area is 197 Å². The Bertz CT molecular complexity index is 1330. The maximum absolute atomic E-state index is 13.3. The van der Waals surface area contributed by atoms with Crippen molar-refractivity contribution in [2.75, 3.05) is 18.5 Å². The van der Waals surface area contributed by atoms with Gasteiger partial charge in [0.05, 0.1) is 23.0 Å². The number of ether oxygens (including phenoxy) is 1. The van der Waals surface area contributed by atoms with Gasteiger partial charge in [-0.15, -0.1) is 0 Å². The van der Waals surface area contributed by atoms with Crippen molar-refractivity contribution in [3.8, 4) is 0 Å². The minimum atomic E-state index is -0.516. The highest BCUT2D eigenvalue weighted by molar-refractivity contribution is 6.06. The molecular weight excluding hydrogens is 428 g/mol. The number of benzene rings is 2. The van der Waals surface area contributed by atoms with Crippen LogP contribution in [-0.2, 0) is 29.0 Å². The average molecular weight is 453 g/mol. The van der Waals surface area contributed by atoms with Crippen molar-refractivity contribution in [2.45, 2.75) is 19.5 Å². The van der Waals surface area contributed by atoms with E-state index < -0.39 is 11.9 Å². The summed E-state index contributed by atoms with van der Waals surface area (Å²) >= 11 is 0. The third-order valence-electron chi connectivity index (χ3n) is 5.86.